The second kappa shape index (κ2) is 6.71. The molecule has 0 spiro atoms. The highest BCUT2D eigenvalue weighted by Gasteiger charge is 2.33. The van der Waals surface area contributed by atoms with Crippen molar-refractivity contribution >= 4 is 23.6 Å². The van der Waals surface area contributed by atoms with Gasteiger partial charge in [-0.2, -0.15) is 11.8 Å². The van der Waals surface area contributed by atoms with Crippen LogP contribution < -0.4 is 9.47 Å². The predicted octanol–water partition coefficient (Wildman–Crippen LogP) is 1.35. The van der Waals surface area contributed by atoms with Gasteiger partial charge in [0.15, 0.2) is 0 Å². The fourth-order valence-corrected chi connectivity index (χ4v) is 3.19. The molecule has 114 valence electrons. The summed E-state index contributed by atoms with van der Waals surface area (Å²) in [6.45, 7) is 0.417. The van der Waals surface area contributed by atoms with E-state index in [1.165, 1.54) is 30.9 Å². The monoisotopic (exact) mass is 311 g/mol. The van der Waals surface area contributed by atoms with Gasteiger partial charge in [0.1, 0.15) is 17.5 Å². The van der Waals surface area contributed by atoms with E-state index < -0.39 is 12.0 Å². The number of amides is 1. The predicted molar refractivity (Wildman–Crippen MR) is 79.3 cm³/mol. The summed E-state index contributed by atoms with van der Waals surface area (Å²) in [6, 6.07) is 4.04. The molecule has 0 saturated carbocycles. The summed E-state index contributed by atoms with van der Waals surface area (Å²) in [6.07, 6.45) is 0. The Labute approximate surface area is 127 Å². The van der Waals surface area contributed by atoms with E-state index >= 15 is 0 Å². The summed E-state index contributed by atoms with van der Waals surface area (Å²) in [5.41, 5.74) is 0.365. The van der Waals surface area contributed by atoms with Gasteiger partial charge in [-0.15, -0.1) is 0 Å². The first-order chi connectivity index (χ1) is 10.1. The molecule has 1 aliphatic heterocycles. The smallest absolute Gasteiger partial charge is 0.327 e. The SMILES string of the molecule is COc1cc(OC)cc(C(=O)N2CCSCC2C(=O)O)c1. The summed E-state index contributed by atoms with van der Waals surface area (Å²) in [4.78, 5) is 25.3. The van der Waals surface area contributed by atoms with Crippen LogP contribution in [0.3, 0.4) is 0 Å². The summed E-state index contributed by atoms with van der Waals surface area (Å²) >= 11 is 1.54. The van der Waals surface area contributed by atoms with Crippen LogP contribution in [0, 0.1) is 0 Å². The van der Waals surface area contributed by atoms with Crippen LogP contribution in [-0.2, 0) is 4.79 Å². The van der Waals surface area contributed by atoms with Crippen LogP contribution in [0.4, 0.5) is 0 Å². The molecule has 6 nitrogen and oxygen atoms in total. The van der Waals surface area contributed by atoms with Gasteiger partial charge in [0, 0.05) is 29.7 Å². The van der Waals surface area contributed by atoms with Gasteiger partial charge in [-0.05, 0) is 12.1 Å². The molecule has 1 aromatic rings. The quantitative estimate of drug-likeness (QED) is 0.904. The maximum Gasteiger partial charge on any atom is 0.327 e. The van der Waals surface area contributed by atoms with Gasteiger partial charge in [-0.25, -0.2) is 4.79 Å². The van der Waals surface area contributed by atoms with Crippen LogP contribution in [0.2, 0.25) is 0 Å². The Morgan fingerprint density at radius 1 is 1.24 bits per heavy atom. The molecule has 2 rings (SSSR count). The highest BCUT2D eigenvalue weighted by molar-refractivity contribution is 7.99. The van der Waals surface area contributed by atoms with E-state index in [-0.39, 0.29) is 5.91 Å². The van der Waals surface area contributed by atoms with Gasteiger partial charge in [-0.3, -0.25) is 4.79 Å². The van der Waals surface area contributed by atoms with E-state index in [9.17, 15) is 14.7 Å². The molecular formula is C14H17NO5S. The second-order valence-electron chi connectivity index (χ2n) is 4.53. The highest BCUT2D eigenvalue weighted by Crippen LogP contribution is 2.25. The van der Waals surface area contributed by atoms with Gasteiger partial charge >= 0.3 is 5.97 Å². The summed E-state index contributed by atoms with van der Waals surface area (Å²) in [5.74, 6) is 0.830. The number of methoxy groups -OCH3 is 2. The third kappa shape index (κ3) is 3.41. The summed E-state index contributed by atoms with van der Waals surface area (Å²) in [7, 11) is 3.00. The average molecular weight is 311 g/mol. The van der Waals surface area contributed by atoms with Crippen LogP contribution in [0.15, 0.2) is 18.2 Å². The third-order valence-corrected chi connectivity index (χ3v) is 4.30. The third-order valence-electron chi connectivity index (χ3n) is 3.27. The second-order valence-corrected chi connectivity index (χ2v) is 5.68. The first-order valence-corrected chi connectivity index (χ1v) is 7.57. The van der Waals surface area contributed by atoms with Crippen LogP contribution in [0.1, 0.15) is 10.4 Å². The lowest BCUT2D eigenvalue weighted by molar-refractivity contribution is -0.141. The Hall–Kier alpha value is -1.89. The van der Waals surface area contributed by atoms with E-state index in [0.29, 0.717) is 29.4 Å². The number of ether oxygens (including phenoxy) is 2. The van der Waals surface area contributed by atoms with E-state index in [4.69, 9.17) is 9.47 Å². The molecule has 1 saturated heterocycles. The number of aliphatic carboxylic acids is 1. The maximum absolute atomic E-state index is 12.6. The molecule has 1 amide bonds. The number of benzene rings is 1. The molecule has 0 aliphatic carbocycles. The normalized spacial score (nSPS) is 18.2. The number of hydrogen-bond donors (Lipinski definition) is 1. The zero-order valence-electron chi connectivity index (χ0n) is 11.9. The van der Waals surface area contributed by atoms with Crippen molar-refractivity contribution in [3.8, 4) is 11.5 Å². The largest absolute Gasteiger partial charge is 0.497 e. The minimum Gasteiger partial charge on any atom is -0.497 e. The number of rotatable bonds is 4. The van der Waals surface area contributed by atoms with Crippen LogP contribution in [0.5, 0.6) is 11.5 Å². The molecule has 1 fully saturated rings. The summed E-state index contributed by atoms with van der Waals surface area (Å²) in [5, 5.41) is 9.25. The van der Waals surface area contributed by atoms with Gasteiger partial charge in [0.2, 0.25) is 0 Å². The van der Waals surface area contributed by atoms with Crippen molar-refractivity contribution in [1.29, 1.82) is 0 Å². The molecule has 7 heteroatoms. The lowest BCUT2D eigenvalue weighted by Crippen LogP contribution is -2.50. The minimum atomic E-state index is -0.981. The Morgan fingerprint density at radius 2 is 1.86 bits per heavy atom. The molecule has 1 aromatic carbocycles. The van der Waals surface area contributed by atoms with E-state index in [2.05, 4.69) is 0 Å². The number of carbonyl (C=O) groups excluding carboxylic acids is 1. The Kier molecular flexibility index (Phi) is 4.95. The van der Waals surface area contributed by atoms with Crippen molar-refractivity contribution in [2.45, 2.75) is 6.04 Å². The molecule has 0 radical (unpaired) electrons. The molecule has 21 heavy (non-hydrogen) atoms. The topological polar surface area (TPSA) is 76.1 Å². The van der Waals surface area contributed by atoms with E-state index in [0.717, 1.165) is 5.75 Å². The van der Waals surface area contributed by atoms with E-state index in [1.54, 1.807) is 18.2 Å². The van der Waals surface area contributed by atoms with Crippen molar-refractivity contribution in [1.82, 2.24) is 4.90 Å². The zero-order chi connectivity index (χ0) is 15.4. The zero-order valence-corrected chi connectivity index (χ0v) is 12.7. The van der Waals surface area contributed by atoms with E-state index in [1.807, 2.05) is 0 Å². The number of thioether (sulfide) groups is 1. The molecule has 0 bridgehead atoms. The fraction of sp³-hybridized carbons (Fsp3) is 0.429. The molecule has 1 aliphatic rings. The molecule has 0 aromatic heterocycles. The summed E-state index contributed by atoms with van der Waals surface area (Å²) < 4.78 is 10.3. The molecule has 1 heterocycles. The fourth-order valence-electron chi connectivity index (χ4n) is 2.15. The van der Waals surface area contributed by atoms with Gasteiger partial charge < -0.3 is 19.5 Å². The first-order valence-electron chi connectivity index (χ1n) is 6.41. The average Bonchev–Trinajstić information content (AvgIpc) is 2.53. The maximum atomic E-state index is 12.6. The van der Waals surface area contributed by atoms with Crippen molar-refractivity contribution in [2.75, 3.05) is 32.3 Å². The van der Waals surface area contributed by atoms with Crippen LogP contribution in [-0.4, -0.2) is 60.2 Å². The van der Waals surface area contributed by atoms with Crippen LogP contribution in [0.25, 0.3) is 0 Å². The number of hydrogen-bond acceptors (Lipinski definition) is 5. The van der Waals surface area contributed by atoms with Gasteiger partial charge in [0.05, 0.1) is 14.2 Å². The Bertz CT molecular complexity index is 526. The molecule has 1 N–H and O–H groups in total. The van der Waals surface area contributed by atoms with Crippen molar-refractivity contribution in [3.05, 3.63) is 23.8 Å². The molecular weight excluding hydrogens is 294 g/mol. The number of nitrogens with zero attached hydrogens (tertiary/aromatic N) is 1. The van der Waals surface area contributed by atoms with Crippen molar-refractivity contribution < 1.29 is 24.2 Å². The van der Waals surface area contributed by atoms with Crippen LogP contribution >= 0.6 is 11.8 Å². The van der Waals surface area contributed by atoms with Crippen molar-refractivity contribution in [3.63, 3.8) is 0 Å². The standard InChI is InChI=1S/C14H17NO5S/c1-19-10-5-9(6-11(7-10)20-2)13(16)15-3-4-21-8-12(15)14(17)18/h5-7,12H,3-4,8H2,1-2H3,(H,17,18). The molecule has 1 atom stereocenters. The Balaban J connectivity index is 2.31. The first kappa shape index (κ1) is 15.5. The number of carboxylic acids is 1. The number of carbonyl (C=O) groups is 2. The minimum absolute atomic E-state index is 0.320. The van der Waals surface area contributed by atoms with Gasteiger partial charge in [0.25, 0.3) is 5.91 Å². The molecule has 1 unspecified atom stereocenters. The number of carboxylic acid groups (broad SMARTS) is 1. The Morgan fingerprint density at radius 3 is 2.38 bits per heavy atom. The van der Waals surface area contributed by atoms with Gasteiger partial charge in [-0.1, -0.05) is 0 Å². The lowest BCUT2D eigenvalue weighted by Gasteiger charge is -2.32. The highest BCUT2D eigenvalue weighted by atomic mass is 32.2. The van der Waals surface area contributed by atoms with Crippen molar-refractivity contribution in [2.24, 2.45) is 0 Å². The lowest BCUT2D eigenvalue weighted by atomic mass is 10.1.